The Hall–Kier alpha value is -0.0800. The molecule has 2 N–H and O–H groups in total. The Kier molecular flexibility index (Phi) is 2.69. The van der Waals surface area contributed by atoms with E-state index in [0.717, 1.165) is 0 Å². The normalized spacial score (nSPS) is 34.8. The van der Waals surface area contributed by atoms with Crippen molar-refractivity contribution in [2.24, 2.45) is 5.73 Å². The highest BCUT2D eigenvalue weighted by Crippen LogP contribution is 2.19. The predicted molar refractivity (Wildman–Crippen MR) is 43.9 cm³/mol. The average Bonchev–Trinajstić information content (AvgIpc) is 1.88. The largest absolute Gasteiger partial charge is 0.326 e. The molecule has 0 heterocycles. The van der Waals surface area contributed by atoms with Gasteiger partial charge in [-0.1, -0.05) is 12.8 Å². The summed E-state index contributed by atoms with van der Waals surface area (Å²) < 4.78 is 0. The smallest absolute Gasteiger partial charge is 0.0241 e. The van der Waals surface area contributed by atoms with E-state index < -0.39 is 0 Å². The van der Waals surface area contributed by atoms with Gasteiger partial charge in [0.1, 0.15) is 0 Å². The molecule has 0 saturated heterocycles. The summed E-state index contributed by atoms with van der Waals surface area (Å²) in [6, 6.07) is 1.05. The second-order valence-corrected chi connectivity index (χ2v) is 3.48. The molecule has 2 nitrogen and oxygen atoms in total. The molecule has 0 amide bonds. The molecule has 1 saturated carbocycles. The molecule has 2 atom stereocenters. The number of rotatable bonds is 1. The molecule has 0 spiro atoms. The maximum Gasteiger partial charge on any atom is 0.0241 e. The molecule has 0 aromatic rings. The molecule has 0 aromatic heterocycles. The van der Waals surface area contributed by atoms with E-state index in [0.29, 0.717) is 12.1 Å². The molecular weight excluding hydrogens is 124 g/mol. The van der Waals surface area contributed by atoms with Gasteiger partial charge >= 0.3 is 0 Å². The monoisotopic (exact) mass is 142 g/mol. The Morgan fingerprint density at radius 2 is 1.80 bits per heavy atom. The fraction of sp³-hybridized carbons (Fsp3) is 1.00. The van der Waals surface area contributed by atoms with Crippen LogP contribution in [0.2, 0.25) is 0 Å². The van der Waals surface area contributed by atoms with Crippen molar-refractivity contribution in [3.8, 4) is 0 Å². The van der Waals surface area contributed by atoms with Crippen LogP contribution in [0.1, 0.15) is 25.7 Å². The molecule has 1 fully saturated rings. The SMILES string of the molecule is CN(C)C1CCCC[C@H]1N. The van der Waals surface area contributed by atoms with Gasteiger partial charge in [0.05, 0.1) is 0 Å². The van der Waals surface area contributed by atoms with Crippen molar-refractivity contribution >= 4 is 0 Å². The standard InChI is InChI=1S/C8H18N2/c1-10(2)8-6-4-3-5-7(8)9/h7-8H,3-6,9H2,1-2H3/t7-,8?/m1/s1. The molecule has 0 bridgehead atoms. The van der Waals surface area contributed by atoms with Crippen LogP contribution in [-0.4, -0.2) is 31.1 Å². The first-order chi connectivity index (χ1) is 4.72. The highest BCUT2D eigenvalue weighted by Gasteiger charge is 2.22. The van der Waals surface area contributed by atoms with Crippen molar-refractivity contribution in [2.75, 3.05) is 14.1 Å². The van der Waals surface area contributed by atoms with Crippen LogP contribution in [0.5, 0.6) is 0 Å². The number of hydrogen-bond donors (Lipinski definition) is 1. The molecule has 0 aromatic carbocycles. The number of likely N-dealkylation sites (N-methyl/N-ethyl adjacent to an activating group) is 1. The molecule has 0 aliphatic heterocycles. The van der Waals surface area contributed by atoms with Crippen LogP contribution in [0.3, 0.4) is 0 Å². The quantitative estimate of drug-likeness (QED) is 0.587. The summed E-state index contributed by atoms with van der Waals surface area (Å²) in [6.45, 7) is 0. The van der Waals surface area contributed by atoms with Crippen LogP contribution in [0, 0.1) is 0 Å². The van der Waals surface area contributed by atoms with Crippen LogP contribution in [0.4, 0.5) is 0 Å². The minimum atomic E-state index is 0.420. The van der Waals surface area contributed by atoms with E-state index in [4.69, 9.17) is 5.73 Å². The Morgan fingerprint density at radius 3 is 2.20 bits per heavy atom. The highest BCUT2D eigenvalue weighted by atomic mass is 15.1. The zero-order valence-electron chi connectivity index (χ0n) is 7.01. The van der Waals surface area contributed by atoms with Gasteiger partial charge in [0.25, 0.3) is 0 Å². The van der Waals surface area contributed by atoms with Crippen LogP contribution >= 0.6 is 0 Å². The molecule has 1 aliphatic rings. The third kappa shape index (κ3) is 1.70. The summed E-state index contributed by atoms with van der Waals surface area (Å²) in [4.78, 5) is 2.25. The first-order valence-corrected chi connectivity index (χ1v) is 4.14. The third-order valence-corrected chi connectivity index (χ3v) is 2.44. The molecule has 60 valence electrons. The van der Waals surface area contributed by atoms with E-state index in [1.807, 2.05) is 0 Å². The summed E-state index contributed by atoms with van der Waals surface area (Å²) in [5.41, 5.74) is 5.94. The van der Waals surface area contributed by atoms with Crippen molar-refractivity contribution in [3.05, 3.63) is 0 Å². The van der Waals surface area contributed by atoms with Crippen molar-refractivity contribution in [1.29, 1.82) is 0 Å². The van der Waals surface area contributed by atoms with Crippen LogP contribution in [0.25, 0.3) is 0 Å². The third-order valence-electron chi connectivity index (χ3n) is 2.44. The Balaban J connectivity index is 2.40. The molecule has 1 rings (SSSR count). The number of hydrogen-bond acceptors (Lipinski definition) is 2. The van der Waals surface area contributed by atoms with Gasteiger partial charge in [0.2, 0.25) is 0 Å². The van der Waals surface area contributed by atoms with E-state index >= 15 is 0 Å². The van der Waals surface area contributed by atoms with Gasteiger partial charge < -0.3 is 10.6 Å². The lowest BCUT2D eigenvalue weighted by molar-refractivity contribution is 0.201. The van der Waals surface area contributed by atoms with E-state index in [-0.39, 0.29) is 0 Å². The lowest BCUT2D eigenvalue weighted by Crippen LogP contribution is -2.46. The van der Waals surface area contributed by atoms with Gasteiger partial charge in [0, 0.05) is 12.1 Å². The van der Waals surface area contributed by atoms with Crippen LogP contribution < -0.4 is 5.73 Å². The summed E-state index contributed by atoms with van der Waals surface area (Å²) in [7, 11) is 4.24. The maximum absolute atomic E-state index is 5.94. The second kappa shape index (κ2) is 3.35. The fourth-order valence-electron chi connectivity index (χ4n) is 1.78. The van der Waals surface area contributed by atoms with Crippen LogP contribution in [-0.2, 0) is 0 Å². The van der Waals surface area contributed by atoms with E-state index in [9.17, 15) is 0 Å². The van der Waals surface area contributed by atoms with Crippen molar-refractivity contribution < 1.29 is 0 Å². The van der Waals surface area contributed by atoms with Crippen molar-refractivity contribution in [2.45, 2.75) is 37.8 Å². The highest BCUT2D eigenvalue weighted by molar-refractivity contribution is 4.82. The number of nitrogens with zero attached hydrogens (tertiary/aromatic N) is 1. The lowest BCUT2D eigenvalue weighted by Gasteiger charge is -2.33. The van der Waals surface area contributed by atoms with Gasteiger partial charge in [-0.25, -0.2) is 0 Å². The predicted octanol–water partition coefficient (Wildman–Crippen LogP) is 0.818. The minimum absolute atomic E-state index is 0.420. The zero-order valence-corrected chi connectivity index (χ0v) is 7.01. The summed E-state index contributed by atoms with van der Waals surface area (Å²) in [5.74, 6) is 0. The lowest BCUT2D eigenvalue weighted by atomic mass is 9.90. The topological polar surface area (TPSA) is 29.3 Å². The summed E-state index contributed by atoms with van der Waals surface area (Å²) in [5, 5.41) is 0. The maximum atomic E-state index is 5.94. The Labute approximate surface area is 63.4 Å². The van der Waals surface area contributed by atoms with Gasteiger partial charge in [0.15, 0.2) is 0 Å². The minimum Gasteiger partial charge on any atom is -0.326 e. The molecule has 2 heteroatoms. The van der Waals surface area contributed by atoms with Crippen LogP contribution in [0.15, 0.2) is 0 Å². The molecule has 10 heavy (non-hydrogen) atoms. The average molecular weight is 142 g/mol. The zero-order chi connectivity index (χ0) is 7.56. The Bertz CT molecular complexity index is 101. The Morgan fingerprint density at radius 1 is 1.20 bits per heavy atom. The second-order valence-electron chi connectivity index (χ2n) is 3.48. The number of nitrogens with two attached hydrogens (primary N) is 1. The van der Waals surface area contributed by atoms with Gasteiger partial charge in [-0.3, -0.25) is 0 Å². The van der Waals surface area contributed by atoms with E-state index in [1.54, 1.807) is 0 Å². The van der Waals surface area contributed by atoms with Crippen molar-refractivity contribution in [3.63, 3.8) is 0 Å². The molecule has 0 radical (unpaired) electrons. The fourth-order valence-corrected chi connectivity index (χ4v) is 1.78. The molecule has 1 unspecified atom stereocenters. The van der Waals surface area contributed by atoms with Gasteiger partial charge in [-0.2, -0.15) is 0 Å². The van der Waals surface area contributed by atoms with Gasteiger partial charge in [-0.05, 0) is 26.9 Å². The first-order valence-electron chi connectivity index (χ1n) is 4.14. The van der Waals surface area contributed by atoms with E-state index in [2.05, 4.69) is 19.0 Å². The summed E-state index contributed by atoms with van der Waals surface area (Å²) >= 11 is 0. The summed E-state index contributed by atoms with van der Waals surface area (Å²) in [6.07, 6.45) is 5.18. The van der Waals surface area contributed by atoms with Gasteiger partial charge in [-0.15, -0.1) is 0 Å². The van der Waals surface area contributed by atoms with E-state index in [1.165, 1.54) is 25.7 Å². The first kappa shape index (κ1) is 8.02. The van der Waals surface area contributed by atoms with Crippen molar-refractivity contribution in [1.82, 2.24) is 4.90 Å². The molecular formula is C8H18N2. The molecule has 1 aliphatic carbocycles.